The van der Waals surface area contributed by atoms with Crippen LogP contribution in [0.5, 0.6) is 0 Å². The highest BCUT2D eigenvalue weighted by Gasteiger charge is 2.15. The summed E-state index contributed by atoms with van der Waals surface area (Å²) in [5, 5.41) is 5.27. The van der Waals surface area contributed by atoms with Crippen LogP contribution in [0.15, 0.2) is 65.6 Å². The topological polar surface area (TPSA) is 92.3 Å². The van der Waals surface area contributed by atoms with E-state index in [9.17, 15) is 22.4 Å². The maximum absolute atomic E-state index is 13.1. The molecule has 0 aromatic heterocycles. The lowest BCUT2D eigenvalue weighted by molar-refractivity contribution is 0.101. The van der Waals surface area contributed by atoms with Gasteiger partial charge in [0.25, 0.3) is 11.8 Å². The fourth-order valence-electron chi connectivity index (χ4n) is 2.63. The molecule has 0 bridgehead atoms. The molecule has 2 N–H and O–H groups in total. The molecule has 0 atom stereocenters. The largest absolute Gasteiger partial charge is 0.322 e. The fraction of sp³-hybridized carbons (Fsp3) is 0.0476. The van der Waals surface area contributed by atoms with Crippen LogP contribution in [0, 0.1) is 5.82 Å². The average Bonchev–Trinajstić information content (AvgIpc) is 2.69. The zero-order valence-corrected chi connectivity index (χ0v) is 18.3. The molecule has 0 unspecified atom stereocenters. The molecule has 0 aliphatic carbocycles. The molecule has 2 amide bonds. The summed E-state index contributed by atoms with van der Waals surface area (Å²) in [5.41, 5.74) is 0.811. The lowest BCUT2D eigenvalue weighted by Crippen LogP contribution is -2.14. The number of anilines is 2. The molecule has 10 heteroatoms. The molecule has 0 spiro atoms. The van der Waals surface area contributed by atoms with Gasteiger partial charge in [-0.25, -0.2) is 12.8 Å². The van der Waals surface area contributed by atoms with E-state index in [1.54, 1.807) is 0 Å². The van der Waals surface area contributed by atoms with E-state index in [2.05, 4.69) is 10.6 Å². The van der Waals surface area contributed by atoms with Crippen LogP contribution >= 0.6 is 23.2 Å². The van der Waals surface area contributed by atoms with E-state index >= 15 is 0 Å². The van der Waals surface area contributed by atoms with Crippen LogP contribution in [-0.2, 0) is 9.84 Å². The van der Waals surface area contributed by atoms with E-state index in [-0.39, 0.29) is 31.8 Å². The zero-order chi connectivity index (χ0) is 22.8. The lowest BCUT2D eigenvalue weighted by Gasteiger charge is -2.11. The number of benzene rings is 3. The molecule has 0 fully saturated rings. The van der Waals surface area contributed by atoms with Gasteiger partial charge in [-0.2, -0.15) is 0 Å². The second-order valence-corrected chi connectivity index (χ2v) is 9.36. The minimum atomic E-state index is -3.46. The first-order valence-corrected chi connectivity index (χ1v) is 11.4. The van der Waals surface area contributed by atoms with Gasteiger partial charge in [0.1, 0.15) is 5.82 Å². The third-order valence-corrected chi connectivity index (χ3v) is 5.91. The summed E-state index contributed by atoms with van der Waals surface area (Å²) >= 11 is 12.1. The van der Waals surface area contributed by atoms with Gasteiger partial charge in [-0.3, -0.25) is 9.59 Å². The van der Waals surface area contributed by atoms with Gasteiger partial charge < -0.3 is 10.6 Å². The SMILES string of the molecule is CS(=O)(=O)c1cccc(C(=O)Nc2ccc(NC(=O)c3ccc(F)cc3Cl)cc2Cl)c1. The molecule has 160 valence electrons. The van der Waals surface area contributed by atoms with E-state index in [4.69, 9.17) is 23.2 Å². The molecule has 0 aliphatic heterocycles. The smallest absolute Gasteiger partial charge is 0.257 e. The molecule has 0 heterocycles. The normalized spacial score (nSPS) is 11.1. The Bertz CT molecular complexity index is 1300. The van der Waals surface area contributed by atoms with Gasteiger partial charge in [-0.05, 0) is 54.6 Å². The Morgan fingerprint density at radius 3 is 2.26 bits per heavy atom. The lowest BCUT2D eigenvalue weighted by atomic mass is 10.2. The van der Waals surface area contributed by atoms with Gasteiger partial charge in [0.2, 0.25) is 0 Å². The third-order valence-electron chi connectivity index (χ3n) is 4.18. The Morgan fingerprint density at radius 1 is 0.871 bits per heavy atom. The van der Waals surface area contributed by atoms with Crippen molar-refractivity contribution < 1.29 is 22.4 Å². The zero-order valence-electron chi connectivity index (χ0n) is 15.9. The quantitative estimate of drug-likeness (QED) is 0.534. The van der Waals surface area contributed by atoms with Crippen LogP contribution in [0.25, 0.3) is 0 Å². The molecular weight excluding hydrogens is 466 g/mol. The standard InChI is InChI=1S/C21H15Cl2FN2O4S/c1-31(29,30)15-4-2-3-12(9-15)20(27)26-19-8-6-14(11-18(19)23)25-21(28)16-7-5-13(24)10-17(16)22/h2-11H,1H3,(H,25,28)(H,26,27). The van der Waals surface area contributed by atoms with Crippen molar-refractivity contribution in [3.63, 3.8) is 0 Å². The molecule has 0 radical (unpaired) electrons. The minimum absolute atomic E-state index is 0.0174. The van der Waals surface area contributed by atoms with Gasteiger partial charge in [0.05, 0.1) is 26.2 Å². The maximum Gasteiger partial charge on any atom is 0.257 e. The number of carbonyl (C=O) groups excluding carboxylic acids is 2. The summed E-state index contributed by atoms with van der Waals surface area (Å²) in [6, 6.07) is 13.4. The summed E-state index contributed by atoms with van der Waals surface area (Å²) < 4.78 is 36.5. The molecule has 0 aliphatic rings. The number of nitrogens with one attached hydrogen (secondary N) is 2. The molecule has 31 heavy (non-hydrogen) atoms. The number of rotatable bonds is 5. The first-order chi connectivity index (χ1) is 14.5. The Morgan fingerprint density at radius 2 is 1.61 bits per heavy atom. The molecule has 3 aromatic carbocycles. The predicted octanol–water partition coefficient (Wildman–Crippen LogP) is 5.04. The van der Waals surface area contributed by atoms with Crippen molar-refractivity contribution in [2.75, 3.05) is 16.9 Å². The van der Waals surface area contributed by atoms with E-state index in [0.717, 1.165) is 18.4 Å². The van der Waals surface area contributed by atoms with Crippen molar-refractivity contribution in [1.29, 1.82) is 0 Å². The first-order valence-electron chi connectivity index (χ1n) is 8.72. The molecule has 3 rings (SSSR count). The van der Waals surface area contributed by atoms with Crippen molar-refractivity contribution in [1.82, 2.24) is 0 Å². The van der Waals surface area contributed by atoms with Crippen molar-refractivity contribution in [2.24, 2.45) is 0 Å². The van der Waals surface area contributed by atoms with E-state index in [1.165, 1.54) is 48.5 Å². The number of sulfone groups is 1. The second-order valence-electron chi connectivity index (χ2n) is 6.53. The Hall–Kier alpha value is -2.94. The summed E-state index contributed by atoms with van der Waals surface area (Å²) in [7, 11) is -3.46. The molecule has 0 saturated heterocycles. The summed E-state index contributed by atoms with van der Waals surface area (Å²) in [4.78, 5) is 24.8. The number of hydrogen-bond acceptors (Lipinski definition) is 4. The van der Waals surface area contributed by atoms with Gasteiger partial charge in [-0.15, -0.1) is 0 Å². The van der Waals surface area contributed by atoms with Crippen LogP contribution < -0.4 is 10.6 Å². The van der Waals surface area contributed by atoms with E-state index in [1.807, 2.05) is 0 Å². The Balaban J connectivity index is 1.75. The molecular formula is C21H15Cl2FN2O4S. The average molecular weight is 481 g/mol. The number of hydrogen-bond donors (Lipinski definition) is 2. The van der Waals surface area contributed by atoms with Crippen molar-refractivity contribution >= 4 is 56.2 Å². The molecule has 3 aromatic rings. The molecule has 6 nitrogen and oxygen atoms in total. The van der Waals surface area contributed by atoms with Crippen LogP contribution in [0.3, 0.4) is 0 Å². The highest BCUT2D eigenvalue weighted by molar-refractivity contribution is 7.90. The van der Waals surface area contributed by atoms with Crippen molar-refractivity contribution in [2.45, 2.75) is 4.90 Å². The summed E-state index contributed by atoms with van der Waals surface area (Å²) in [6.07, 6.45) is 1.05. The Kier molecular flexibility index (Phi) is 6.64. The van der Waals surface area contributed by atoms with Crippen LogP contribution in [0.2, 0.25) is 10.0 Å². The highest BCUT2D eigenvalue weighted by Crippen LogP contribution is 2.27. The predicted molar refractivity (Wildman–Crippen MR) is 118 cm³/mol. The Labute approximate surface area is 187 Å². The van der Waals surface area contributed by atoms with Gasteiger partial charge in [0.15, 0.2) is 9.84 Å². The maximum atomic E-state index is 13.1. The number of amides is 2. The second kappa shape index (κ2) is 9.05. The third kappa shape index (κ3) is 5.61. The van der Waals surface area contributed by atoms with Crippen LogP contribution in [0.1, 0.15) is 20.7 Å². The first kappa shape index (κ1) is 22.7. The number of halogens is 3. The van der Waals surface area contributed by atoms with Crippen LogP contribution in [0.4, 0.5) is 15.8 Å². The van der Waals surface area contributed by atoms with E-state index in [0.29, 0.717) is 5.69 Å². The van der Waals surface area contributed by atoms with Gasteiger partial charge in [-0.1, -0.05) is 29.3 Å². The fourth-order valence-corrected chi connectivity index (χ4v) is 3.78. The molecule has 0 saturated carbocycles. The van der Waals surface area contributed by atoms with Gasteiger partial charge >= 0.3 is 0 Å². The number of carbonyl (C=O) groups is 2. The minimum Gasteiger partial charge on any atom is -0.322 e. The van der Waals surface area contributed by atoms with Crippen molar-refractivity contribution in [3.8, 4) is 0 Å². The summed E-state index contributed by atoms with van der Waals surface area (Å²) in [5.74, 6) is -1.68. The van der Waals surface area contributed by atoms with Crippen molar-refractivity contribution in [3.05, 3.63) is 87.7 Å². The monoisotopic (exact) mass is 480 g/mol. The highest BCUT2D eigenvalue weighted by atomic mass is 35.5. The van der Waals surface area contributed by atoms with Gasteiger partial charge in [0, 0.05) is 17.5 Å². The van der Waals surface area contributed by atoms with Crippen LogP contribution in [-0.4, -0.2) is 26.5 Å². The summed E-state index contributed by atoms with van der Waals surface area (Å²) in [6.45, 7) is 0. The van der Waals surface area contributed by atoms with E-state index < -0.39 is 27.5 Å².